The van der Waals surface area contributed by atoms with Gasteiger partial charge in [0.25, 0.3) is 0 Å². The second-order valence-electron chi connectivity index (χ2n) is 21.6. The van der Waals surface area contributed by atoms with Crippen molar-refractivity contribution < 1.29 is 0 Å². The van der Waals surface area contributed by atoms with Gasteiger partial charge in [0.1, 0.15) is 0 Å². The molecule has 1 aromatic heterocycles. The molecular weight excluding hydrogens is 753 g/mol. The van der Waals surface area contributed by atoms with Crippen LogP contribution in [0.15, 0.2) is 146 Å². The summed E-state index contributed by atoms with van der Waals surface area (Å²) in [7, 11) is 0. The fourth-order valence-corrected chi connectivity index (χ4v) is 10.2. The van der Waals surface area contributed by atoms with E-state index in [9.17, 15) is 0 Å². The summed E-state index contributed by atoms with van der Waals surface area (Å²) in [4.78, 5) is 2.62. The summed E-state index contributed by atoms with van der Waals surface area (Å²) in [5.41, 5.74) is 23.5. The zero-order valence-corrected chi connectivity index (χ0v) is 39.1. The van der Waals surface area contributed by atoms with E-state index in [0.29, 0.717) is 0 Å². The van der Waals surface area contributed by atoms with Crippen molar-refractivity contribution in [3.63, 3.8) is 0 Å². The Morgan fingerprint density at radius 1 is 0.230 bits per heavy atom. The van der Waals surface area contributed by atoms with Gasteiger partial charge in [0.05, 0.1) is 0 Å². The van der Waals surface area contributed by atoms with Crippen molar-refractivity contribution in [2.75, 3.05) is 0 Å². The fraction of sp³-hybridized carbons (Fsp3) is 0.267. The second kappa shape index (κ2) is 14.6. The van der Waals surface area contributed by atoms with E-state index in [2.05, 4.69) is 229 Å². The van der Waals surface area contributed by atoms with Crippen LogP contribution in [0, 0.1) is 0 Å². The number of thiophene rings is 1. The van der Waals surface area contributed by atoms with Crippen LogP contribution in [-0.4, -0.2) is 0 Å². The first-order chi connectivity index (χ1) is 28.7. The third-order valence-electron chi connectivity index (χ3n) is 12.8. The maximum absolute atomic E-state index is 2.44. The Hall–Kier alpha value is -5.50. The van der Waals surface area contributed by atoms with Crippen molar-refractivity contribution >= 4 is 11.3 Å². The van der Waals surface area contributed by atoms with E-state index in [1.165, 1.54) is 110 Å². The van der Waals surface area contributed by atoms with Gasteiger partial charge < -0.3 is 0 Å². The Morgan fingerprint density at radius 2 is 0.410 bits per heavy atom. The van der Waals surface area contributed by atoms with Crippen LogP contribution in [0.3, 0.4) is 0 Å². The topological polar surface area (TPSA) is 0 Å². The molecule has 1 heteroatoms. The summed E-state index contributed by atoms with van der Waals surface area (Å²) in [5.74, 6) is 0. The van der Waals surface area contributed by atoms with E-state index in [1.54, 1.807) is 0 Å². The summed E-state index contributed by atoms with van der Waals surface area (Å²) >= 11 is 1.95. The molecule has 8 aliphatic carbocycles. The smallest absolute Gasteiger partial charge is 0.0434 e. The molecule has 0 radical (unpaired) electrons. The van der Waals surface area contributed by atoms with Crippen molar-refractivity contribution in [3.8, 4) is 87.6 Å². The van der Waals surface area contributed by atoms with E-state index in [1.807, 2.05) is 11.3 Å². The maximum atomic E-state index is 2.44. The van der Waals surface area contributed by atoms with Gasteiger partial charge in [-0.25, -0.2) is 0 Å². The Bertz CT molecular complexity index is 2600. The summed E-state index contributed by atoms with van der Waals surface area (Å²) in [6.07, 6.45) is 0. The van der Waals surface area contributed by atoms with Crippen molar-refractivity contribution in [2.45, 2.75) is 105 Å². The van der Waals surface area contributed by atoms with Crippen LogP contribution in [0.4, 0.5) is 0 Å². The highest BCUT2D eigenvalue weighted by atomic mass is 32.1. The standard InChI is InChI=1S/C60H60S/c1-57(2,3)49-21-13-37-29-45(30-38(37)14-22-49)53-54(46-31-39-15-23-50(58(4,5)6)24-16-40(39)32-46)56(48-35-43-19-27-52(60(10,11)12)28-20-44(43)36-48)61-55(53)47-33-41-17-25-51(59(7,8)9)26-18-42(41)34-47/h13-36H,1-12H3. The number of hydrogen-bond donors (Lipinski definition) is 0. The fourth-order valence-electron chi connectivity index (χ4n) is 8.93. The average Bonchev–Trinajstić information content (AvgIpc) is 3.92. The zero-order valence-electron chi connectivity index (χ0n) is 38.3. The van der Waals surface area contributed by atoms with Crippen LogP contribution in [0.5, 0.6) is 0 Å². The average molecular weight is 813 g/mol. The molecule has 1 aromatic rings. The molecule has 0 atom stereocenters. The molecule has 0 spiro atoms. The Kier molecular flexibility index (Phi) is 9.76. The van der Waals surface area contributed by atoms with Gasteiger partial charge in [-0.2, -0.15) is 0 Å². The van der Waals surface area contributed by atoms with Gasteiger partial charge in [-0.15, -0.1) is 11.3 Å². The molecule has 0 saturated carbocycles. The lowest BCUT2D eigenvalue weighted by Gasteiger charge is -2.17. The molecule has 306 valence electrons. The zero-order chi connectivity index (χ0) is 43.2. The van der Waals surface area contributed by atoms with Crippen molar-refractivity contribution in [1.82, 2.24) is 0 Å². The number of fused-ring (bicyclic) bond motifs is 4. The summed E-state index contributed by atoms with van der Waals surface area (Å²) in [6, 6.07) is 56.6. The van der Waals surface area contributed by atoms with Gasteiger partial charge in [0.2, 0.25) is 0 Å². The Labute approximate surface area is 369 Å². The van der Waals surface area contributed by atoms with Gasteiger partial charge >= 0.3 is 0 Å². The normalized spacial score (nSPS) is 12.9. The molecule has 0 N–H and O–H groups in total. The van der Waals surface area contributed by atoms with E-state index in [-0.39, 0.29) is 21.7 Å². The van der Waals surface area contributed by atoms with E-state index < -0.39 is 0 Å². The molecule has 0 aliphatic heterocycles. The van der Waals surface area contributed by atoms with Crippen LogP contribution >= 0.6 is 11.3 Å². The van der Waals surface area contributed by atoms with Crippen LogP contribution in [0.1, 0.15) is 105 Å². The van der Waals surface area contributed by atoms with Gasteiger partial charge in [-0.3, -0.25) is 0 Å². The minimum Gasteiger partial charge on any atom is -0.134 e. The lowest BCUT2D eigenvalue weighted by atomic mass is 9.88. The molecule has 0 unspecified atom stereocenters. The minimum atomic E-state index is 0.0739. The molecule has 0 amide bonds. The Balaban J connectivity index is 1.34. The highest BCUT2D eigenvalue weighted by Crippen LogP contribution is 2.56. The third-order valence-corrected chi connectivity index (χ3v) is 14.1. The first kappa shape index (κ1) is 40.9. The van der Waals surface area contributed by atoms with Gasteiger partial charge in [0.15, 0.2) is 0 Å². The Morgan fingerprint density at radius 3 is 0.590 bits per heavy atom. The molecule has 0 nitrogen and oxygen atoms in total. The molecular formula is C60H60S. The van der Waals surface area contributed by atoms with Crippen molar-refractivity contribution in [2.24, 2.45) is 0 Å². The SMILES string of the molecule is CC(C)(C)c1ccc2cc(-c3sc(-c4cc5ccc(C(C)(C)C)ccc-5c4)c(-c4cc5ccc(C(C)(C)C)ccc-5c4)c3-c3cc4ccc(C(C)(C)C)ccc-4c3)cc-2cc1. The summed E-state index contributed by atoms with van der Waals surface area (Å²) in [6.45, 7) is 27.5. The monoisotopic (exact) mass is 812 g/mol. The molecule has 0 fully saturated rings. The van der Waals surface area contributed by atoms with E-state index in [0.717, 1.165) is 0 Å². The number of hydrogen-bond acceptors (Lipinski definition) is 1. The second-order valence-corrected chi connectivity index (χ2v) is 22.6. The van der Waals surface area contributed by atoms with Gasteiger partial charge in [-0.1, -0.05) is 180 Å². The lowest BCUT2D eigenvalue weighted by Crippen LogP contribution is -2.09. The van der Waals surface area contributed by atoms with E-state index >= 15 is 0 Å². The first-order valence-corrected chi connectivity index (χ1v) is 22.9. The third kappa shape index (κ3) is 7.83. The summed E-state index contributed by atoms with van der Waals surface area (Å²) in [5, 5.41) is 0. The number of rotatable bonds is 4. The van der Waals surface area contributed by atoms with Crippen LogP contribution in [0.25, 0.3) is 87.6 Å². The molecule has 8 aliphatic rings. The van der Waals surface area contributed by atoms with Gasteiger partial charge in [0, 0.05) is 20.9 Å². The quantitative estimate of drug-likeness (QED) is 0.166. The molecule has 0 aromatic carbocycles. The first-order valence-electron chi connectivity index (χ1n) is 22.1. The summed E-state index contributed by atoms with van der Waals surface area (Å²) < 4.78 is 0. The molecule has 1 heterocycles. The molecule has 0 saturated heterocycles. The van der Waals surface area contributed by atoms with Crippen LogP contribution in [-0.2, 0) is 21.7 Å². The highest BCUT2D eigenvalue weighted by molar-refractivity contribution is 7.20. The largest absolute Gasteiger partial charge is 0.134 e. The molecule has 9 rings (SSSR count). The van der Waals surface area contributed by atoms with Crippen LogP contribution < -0.4 is 0 Å². The molecule has 0 bridgehead atoms. The van der Waals surface area contributed by atoms with Crippen molar-refractivity contribution in [1.29, 1.82) is 0 Å². The minimum absolute atomic E-state index is 0.0739. The lowest BCUT2D eigenvalue weighted by molar-refractivity contribution is 0.590. The predicted molar refractivity (Wildman–Crippen MR) is 267 cm³/mol. The highest BCUT2D eigenvalue weighted by Gasteiger charge is 2.28. The van der Waals surface area contributed by atoms with Crippen molar-refractivity contribution in [3.05, 3.63) is 168 Å². The molecule has 61 heavy (non-hydrogen) atoms. The van der Waals surface area contributed by atoms with Gasteiger partial charge in [-0.05, 0) is 159 Å². The van der Waals surface area contributed by atoms with E-state index in [4.69, 9.17) is 0 Å². The predicted octanol–water partition coefficient (Wildman–Crippen LogP) is 18.0. The van der Waals surface area contributed by atoms with Crippen LogP contribution in [0.2, 0.25) is 0 Å². The maximum Gasteiger partial charge on any atom is 0.0434 e.